The van der Waals surface area contributed by atoms with E-state index in [1.54, 1.807) is 16.2 Å². The Morgan fingerprint density at radius 1 is 1.56 bits per heavy atom. The monoisotopic (exact) mass is 330 g/mol. The van der Waals surface area contributed by atoms with Crippen LogP contribution in [0.15, 0.2) is 15.9 Å². The Balaban J connectivity index is 1.88. The molecule has 1 fully saturated rings. The van der Waals surface area contributed by atoms with Gasteiger partial charge in [-0.1, -0.05) is 12.8 Å². The van der Waals surface area contributed by atoms with Gasteiger partial charge in [-0.05, 0) is 34.8 Å². The number of hydrogen-bond donors (Lipinski definition) is 1. The van der Waals surface area contributed by atoms with Crippen LogP contribution in [0, 0.1) is 0 Å². The number of carbonyl (C=O) groups is 1. The minimum Gasteiger partial charge on any atom is -0.341 e. The number of nitrogens with zero attached hydrogens (tertiary/aromatic N) is 1. The van der Waals surface area contributed by atoms with Crippen LogP contribution in [0.4, 0.5) is 0 Å². The fourth-order valence-electron chi connectivity index (χ4n) is 2.45. The number of rotatable bonds is 4. The summed E-state index contributed by atoms with van der Waals surface area (Å²) in [6, 6.07) is 2.06. The van der Waals surface area contributed by atoms with Crippen LogP contribution >= 0.6 is 27.3 Å². The third-order valence-corrected chi connectivity index (χ3v) is 5.23. The number of halogens is 1. The van der Waals surface area contributed by atoms with Gasteiger partial charge in [0.25, 0.3) is 0 Å². The lowest BCUT2D eigenvalue weighted by Gasteiger charge is -2.26. The molecule has 0 atom stereocenters. The molecule has 1 aromatic heterocycles. The number of carbonyl (C=O) groups excluding carboxylic acids is 1. The van der Waals surface area contributed by atoms with E-state index in [0.29, 0.717) is 13.0 Å². The van der Waals surface area contributed by atoms with Crippen molar-refractivity contribution in [1.29, 1.82) is 0 Å². The zero-order valence-electron chi connectivity index (χ0n) is 10.6. The van der Waals surface area contributed by atoms with Crippen molar-refractivity contribution in [3.05, 3.63) is 20.8 Å². The van der Waals surface area contributed by atoms with Crippen LogP contribution < -0.4 is 5.73 Å². The lowest BCUT2D eigenvalue weighted by molar-refractivity contribution is -0.131. The van der Waals surface area contributed by atoms with Gasteiger partial charge in [0.15, 0.2) is 0 Å². The summed E-state index contributed by atoms with van der Waals surface area (Å²) in [5, 5.41) is 2.04. The molecule has 1 heterocycles. The third-order valence-electron chi connectivity index (χ3n) is 3.54. The fourth-order valence-corrected chi connectivity index (χ4v) is 3.95. The van der Waals surface area contributed by atoms with E-state index < -0.39 is 0 Å². The minimum absolute atomic E-state index is 0.156. The van der Waals surface area contributed by atoms with Gasteiger partial charge in [-0.2, -0.15) is 0 Å². The lowest BCUT2D eigenvalue weighted by atomic mass is 9.94. The van der Waals surface area contributed by atoms with Crippen LogP contribution in [0.25, 0.3) is 0 Å². The predicted octanol–water partition coefficient (Wildman–Crippen LogP) is 3.13. The van der Waals surface area contributed by atoms with Crippen molar-refractivity contribution in [1.82, 2.24) is 4.90 Å². The van der Waals surface area contributed by atoms with Crippen LogP contribution in [0.1, 0.15) is 37.0 Å². The number of nitrogens with two attached hydrogens (primary N) is 1. The van der Waals surface area contributed by atoms with E-state index >= 15 is 0 Å². The van der Waals surface area contributed by atoms with Gasteiger partial charge in [-0.25, -0.2) is 0 Å². The SMILES string of the molecule is CN(Cc1cc(Br)cs1)C(=O)CC1(N)CCCC1. The molecular formula is C13H19BrN2OS. The van der Waals surface area contributed by atoms with Crippen molar-refractivity contribution in [3.8, 4) is 0 Å². The van der Waals surface area contributed by atoms with Gasteiger partial charge in [0.1, 0.15) is 0 Å². The van der Waals surface area contributed by atoms with Crippen molar-refractivity contribution >= 4 is 33.2 Å². The highest BCUT2D eigenvalue weighted by atomic mass is 79.9. The van der Waals surface area contributed by atoms with Crippen LogP contribution in [0.3, 0.4) is 0 Å². The molecule has 1 aliphatic rings. The second-order valence-corrected chi connectivity index (χ2v) is 7.14. The van der Waals surface area contributed by atoms with E-state index in [1.807, 2.05) is 12.4 Å². The average Bonchev–Trinajstić information content (AvgIpc) is 2.88. The maximum absolute atomic E-state index is 12.2. The molecule has 1 aliphatic carbocycles. The van der Waals surface area contributed by atoms with Crippen molar-refractivity contribution in [2.24, 2.45) is 5.73 Å². The van der Waals surface area contributed by atoms with E-state index in [4.69, 9.17) is 5.73 Å². The fraction of sp³-hybridized carbons (Fsp3) is 0.615. The highest BCUT2D eigenvalue weighted by molar-refractivity contribution is 9.10. The first-order valence-electron chi connectivity index (χ1n) is 6.24. The molecule has 18 heavy (non-hydrogen) atoms. The number of thiophene rings is 1. The molecule has 100 valence electrons. The molecule has 0 radical (unpaired) electrons. The molecule has 0 bridgehead atoms. The molecule has 1 saturated carbocycles. The lowest BCUT2D eigenvalue weighted by Crippen LogP contribution is -2.42. The highest BCUT2D eigenvalue weighted by Crippen LogP contribution is 2.30. The Bertz CT molecular complexity index is 426. The summed E-state index contributed by atoms with van der Waals surface area (Å²) in [7, 11) is 1.86. The summed E-state index contributed by atoms with van der Waals surface area (Å²) >= 11 is 5.09. The molecule has 0 spiro atoms. The van der Waals surface area contributed by atoms with Crippen molar-refractivity contribution in [2.75, 3.05) is 7.05 Å². The Morgan fingerprint density at radius 2 is 2.22 bits per heavy atom. The zero-order valence-corrected chi connectivity index (χ0v) is 13.0. The molecular weight excluding hydrogens is 312 g/mol. The molecule has 0 unspecified atom stereocenters. The molecule has 3 nitrogen and oxygen atoms in total. The normalized spacial score (nSPS) is 17.9. The number of amides is 1. The minimum atomic E-state index is -0.249. The van der Waals surface area contributed by atoms with E-state index in [2.05, 4.69) is 22.0 Å². The van der Waals surface area contributed by atoms with Crippen molar-refractivity contribution in [3.63, 3.8) is 0 Å². The standard InChI is InChI=1S/C13H19BrN2OS/c1-16(8-11-6-10(14)9-18-11)12(17)7-13(15)4-2-3-5-13/h6,9H,2-5,7-8,15H2,1H3. The first-order valence-corrected chi connectivity index (χ1v) is 7.92. The molecule has 2 rings (SSSR count). The Hall–Kier alpha value is -0.390. The Morgan fingerprint density at radius 3 is 2.78 bits per heavy atom. The number of hydrogen-bond acceptors (Lipinski definition) is 3. The summed E-state index contributed by atoms with van der Waals surface area (Å²) in [5.41, 5.74) is 5.99. The summed E-state index contributed by atoms with van der Waals surface area (Å²) in [6.07, 6.45) is 4.76. The molecule has 0 saturated heterocycles. The molecule has 0 aromatic carbocycles. The first kappa shape index (κ1) is 14.0. The molecule has 5 heteroatoms. The molecule has 1 aromatic rings. The summed E-state index contributed by atoms with van der Waals surface area (Å²) in [5.74, 6) is 0.156. The molecule has 0 aliphatic heterocycles. The van der Waals surface area contributed by atoms with E-state index in [-0.39, 0.29) is 11.4 Å². The predicted molar refractivity (Wildman–Crippen MR) is 78.5 cm³/mol. The molecule has 2 N–H and O–H groups in total. The Labute approximate surface area is 120 Å². The largest absolute Gasteiger partial charge is 0.341 e. The summed E-state index contributed by atoms with van der Waals surface area (Å²) < 4.78 is 1.08. The van der Waals surface area contributed by atoms with Gasteiger partial charge in [0.05, 0.1) is 6.54 Å². The smallest absolute Gasteiger partial charge is 0.224 e. The maximum atomic E-state index is 12.2. The first-order chi connectivity index (χ1) is 8.48. The maximum Gasteiger partial charge on any atom is 0.224 e. The van der Waals surface area contributed by atoms with Crippen molar-refractivity contribution < 1.29 is 4.79 Å². The summed E-state index contributed by atoms with van der Waals surface area (Å²) in [4.78, 5) is 15.1. The highest BCUT2D eigenvalue weighted by Gasteiger charge is 2.32. The van der Waals surface area contributed by atoms with Gasteiger partial charge >= 0.3 is 0 Å². The Kier molecular flexibility index (Phi) is 4.45. The van der Waals surface area contributed by atoms with E-state index in [0.717, 1.165) is 30.2 Å². The van der Waals surface area contributed by atoms with Crippen LogP contribution in [-0.4, -0.2) is 23.4 Å². The topological polar surface area (TPSA) is 46.3 Å². The van der Waals surface area contributed by atoms with Gasteiger partial charge < -0.3 is 10.6 Å². The second kappa shape index (κ2) is 5.72. The van der Waals surface area contributed by atoms with Gasteiger partial charge in [0.2, 0.25) is 5.91 Å². The van der Waals surface area contributed by atoms with E-state index in [9.17, 15) is 4.79 Å². The second-order valence-electron chi connectivity index (χ2n) is 5.23. The van der Waals surface area contributed by atoms with E-state index in [1.165, 1.54) is 4.88 Å². The molecule has 1 amide bonds. The van der Waals surface area contributed by atoms with Gasteiger partial charge in [-0.3, -0.25) is 4.79 Å². The van der Waals surface area contributed by atoms with Crippen molar-refractivity contribution in [2.45, 2.75) is 44.2 Å². The average molecular weight is 331 g/mol. The quantitative estimate of drug-likeness (QED) is 0.921. The van der Waals surface area contributed by atoms with Crippen LogP contribution in [-0.2, 0) is 11.3 Å². The summed E-state index contributed by atoms with van der Waals surface area (Å²) in [6.45, 7) is 0.672. The van der Waals surface area contributed by atoms with Gasteiger partial charge in [-0.15, -0.1) is 11.3 Å². The van der Waals surface area contributed by atoms with Crippen LogP contribution in [0.2, 0.25) is 0 Å². The third kappa shape index (κ3) is 3.56. The van der Waals surface area contributed by atoms with Gasteiger partial charge in [0, 0.05) is 33.7 Å². The zero-order chi connectivity index (χ0) is 13.2. The van der Waals surface area contributed by atoms with Crippen LogP contribution in [0.5, 0.6) is 0 Å².